The van der Waals surface area contributed by atoms with Crippen LogP contribution in [-0.2, 0) is 9.53 Å². The standard InChI is InChI=1S/C7H14O2Te/c1-3-4-9-7(8)6(2)5-10/h6,10H,3-5H2,1-2H3. The third kappa shape index (κ3) is 4.14. The molecule has 0 spiro atoms. The Morgan fingerprint density at radius 2 is 2.30 bits per heavy atom. The summed E-state index contributed by atoms with van der Waals surface area (Å²) in [4.78, 5) is 10.9. The first-order chi connectivity index (χ1) is 4.72. The average Bonchev–Trinajstić information content (AvgIpc) is 1.98. The van der Waals surface area contributed by atoms with Gasteiger partial charge in [0, 0.05) is 0 Å². The topological polar surface area (TPSA) is 26.3 Å². The molecule has 0 saturated carbocycles. The van der Waals surface area contributed by atoms with Crippen LogP contribution in [0.2, 0.25) is 4.47 Å². The summed E-state index contributed by atoms with van der Waals surface area (Å²) in [6, 6.07) is 0. The van der Waals surface area contributed by atoms with Crippen LogP contribution in [-0.4, -0.2) is 34.9 Å². The number of rotatable bonds is 4. The van der Waals surface area contributed by atoms with Gasteiger partial charge >= 0.3 is 75.1 Å². The Kier molecular flexibility index (Phi) is 6.16. The van der Waals surface area contributed by atoms with E-state index in [9.17, 15) is 4.79 Å². The van der Waals surface area contributed by atoms with Crippen molar-refractivity contribution in [3.63, 3.8) is 0 Å². The molecule has 1 atom stereocenters. The van der Waals surface area contributed by atoms with Crippen LogP contribution in [0.3, 0.4) is 0 Å². The zero-order chi connectivity index (χ0) is 7.98. The van der Waals surface area contributed by atoms with Gasteiger partial charge in [-0.25, -0.2) is 0 Å². The molecule has 2 nitrogen and oxygen atoms in total. The molecular formula is C7H14O2Te. The van der Waals surface area contributed by atoms with Crippen molar-refractivity contribution in [3.05, 3.63) is 0 Å². The molecule has 0 aliphatic carbocycles. The van der Waals surface area contributed by atoms with Crippen LogP contribution in [0.1, 0.15) is 20.3 Å². The number of hydrogen-bond acceptors (Lipinski definition) is 2. The van der Waals surface area contributed by atoms with Crippen LogP contribution >= 0.6 is 0 Å². The molecule has 0 rings (SSSR count). The number of ether oxygens (including phenoxy) is 1. The number of carbonyl (C=O) groups excluding carboxylic acids is 1. The first-order valence-corrected chi connectivity index (χ1v) is 5.30. The van der Waals surface area contributed by atoms with Crippen molar-refractivity contribution < 1.29 is 9.53 Å². The number of esters is 1. The molecule has 0 bridgehead atoms. The fraction of sp³-hybridized carbons (Fsp3) is 0.857. The van der Waals surface area contributed by atoms with E-state index in [0.29, 0.717) is 6.61 Å². The molecule has 0 fully saturated rings. The molecule has 0 aromatic heterocycles. The zero-order valence-electron chi connectivity index (χ0n) is 6.46. The van der Waals surface area contributed by atoms with E-state index in [0.717, 1.165) is 10.9 Å². The zero-order valence-corrected chi connectivity index (χ0v) is 9.02. The van der Waals surface area contributed by atoms with Crippen molar-refractivity contribution in [3.8, 4) is 0 Å². The minimum atomic E-state index is -0.0529. The van der Waals surface area contributed by atoms with Gasteiger partial charge in [-0.2, -0.15) is 0 Å². The second-order valence-corrected chi connectivity index (χ2v) is 3.29. The molecular weight excluding hydrogens is 244 g/mol. The molecule has 0 aromatic rings. The van der Waals surface area contributed by atoms with E-state index >= 15 is 0 Å². The fourth-order valence-corrected chi connectivity index (χ4v) is 0.845. The Bertz CT molecular complexity index is 104. The first-order valence-electron chi connectivity index (χ1n) is 3.49. The van der Waals surface area contributed by atoms with Crippen LogP contribution in [0.15, 0.2) is 0 Å². The van der Waals surface area contributed by atoms with E-state index in [-0.39, 0.29) is 11.9 Å². The SMILES string of the molecule is CCCOC(=O)C(C)C[TeH]. The maximum atomic E-state index is 10.9. The Hall–Kier alpha value is 0.260. The first kappa shape index (κ1) is 10.3. The number of carbonyl (C=O) groups is 1. The summed E-state index contributed by atoms with van der Waals surface area (Å²) in [7, 11) is 0. The molecule has 10 heavy (non-hydrogen) atoms. The van der Waals surface area contributed by atoms with E-state index in [1.54, 1.807) is 22.3 Å². The predicted molar refractivity (Wildman–Crippen MR) is 42.4 cm³/mol. The molecule has 60 valence electrons. The van der Waals surface area contributed by atoms with Crippen LogP contribution in [0.25, 0.3) is 0 Å². The summed E-state index contributed by atoms with van der Waals surface area (Å²) in [5.41, 5.74) is 0. The van der Waals surface area contributed by atoms with Gasteiger partial charge in [0.2, 0.25) is 0 Å². The van der Waals surface area contributed by atoms with Gasteiger partial charge in [-0.3, -0.25) is 0 Å². The molecule has 3 heteroatoms. The van der Waals surface area contributed by atoms with Crippen molar-refractivity contribution in [2.45, 2.75) is 24.7 Å². The third-order valence-electron chi connectivity index (χ3n) is 1.12. The summed E-state index contributed by atoms with van der Waals surface area (Å²) in [5, 5.41) is 0. The minimum absolute atomic E-state index is 0.0529. The van der Waals surface area contributed by atoms with Crippen molar-refractivity contribution in [2.24, 2.45) is 5.92 Å². The molecule has 0 N–H and O–H groups in total. The van der Waals surface area contributed by atoms with Gasteiger partial charge in [-0.05, 0) is 0 Å². The van der Waals surface area contributed by atoms with E-state index in [1.165, 1.54) is 0 Å². The van der Waals surface area contributed by atoms with Gasteiger partial charge in [0.15, 0.2) is 0 Å². The van der Waals surface area contributed by atoms with E-state index in [2.05, 4.69) is 0 Å². The third-order valence-corrected chi connectivity index (χ3v) is 2.69. The summed E-state index contributed by atoms with van der Waals surface area (Å²) in [6.45, 7) is 4.46. The van der Waals surface area contributed by atoms with Gasteiger partial charge in [0.1, 0.15) is 0 Å². The average molecular weight is 258 g/mol. The molecule has 0 saturated heterocycles. The van der Waals surface area contributed by atoms with Gasteiger partial charge in [0.25, 0.3) is 0 Å². The van der Waals surface area contributed by atoms with Crippen LogP contribution in [0.4, 0.5) is 0 Å². The molecule has 0 aromatic carbocycles. The predicted octanol–water partition coefficient (Wildman–Crippen LogP) is 0.895. The molecule has 1 unspecified atom stereocenters. The summed E-state index contributed by atoms with van der Waals surface area (Å²) < 4.78 is 5.83. The van der Waals surface area contributed by atoms with Crippen LogP contribution in [0, 0.1) is 5.92 Å². The van der Waals surface area contributed by atoms with Crippen molar-refractivity contribution in [1.29, 1.82) is 0 Å². The van der Waals surface area contributed by atoms with Gasteiger partial charge in [-0.1, -0.05) is 0 Å². The normalized spacial score (nSPS) is 12.7. The Labute approximate surface area is 75.2 Å². The second-order valence-electron chi connectivity index (χ2n) is 2.25. The molecule has 0 aliphatic heterocycles. The molecule has 0 amide bonds. The van der Waals surface area contributed by atoms with Gasteiger partial charge in [0.05, 0.1) is 0 Å². The Morgan fingerprint density at radius 3 is 2.70 bits per heavy atom. The van der Waals surface area contributed by atoms with E-state index < -0.39 is 0 Å². The Morgan fingerprint density at radius 1 is 1.70 bits per heavy atom. The Balaban J connectivity index is 3.42. The molecule has 0 radical (unpaired) electrons. The fourth-order valence-electron chi connectivity index (χ4n) is 0.419. The van der Waals surface area contributed by atoms with Crippen molar-refractivity contribution in [1.82, 2.24) is 0 Å². The molecule has 0 heterocycles. The van der Waals surface area contributed by atoms with Crippen LogP contribution in [0.5, 0.6) is 0 Å². The molecule has 0 aliphatic rings. The summed E-state index contributed by atoms with van der Waals surface area (Å²) >= 11 is 1.66. The van der Waals surface area contributed by atoms with Gasteiger partial charge < -0.3 is 0 Å². The van der Waals surface area contributed by atoms with Gasteiger partial charge in [-0.15, -0.1) is 0 Å². The quantitative estimate of drug-likeness (QED) is 0.553. The van der Waals surface area contributed by atoms with E-state index in [1.807, 2.05) is 13.8 Å². The van der Waals surface area contributed by atoms with E-state index in [4.69, 9.17) is 4.74 Å². The number of hydrogen-bond donors (Lipinski definition) is 0. The maximum absolute atomic E-state index is 10.9. The van der Waals surface area contributed by atoms with Crippen molar-refractivity contribution >= 4 is 28.3 Å². The monoisotopic (exact) mass is 260 g/mol. The van der Waals surface area contributed by atoms with Crippen molar-refractivity contribution in [2.75, 3.05) is 6.61 Å². The summed E-state index contributed by atoms with van der Waals surface area (Å²) in [5.74, 6) is 0.0309. The van der Waals surface area contributed by atoms with Crippen LogP contribution < -0.4 is 0 Å². The second kappa shape index (κ2) is 6.00. The summed E-state index contributed by atoms with van der Waals surface area (Å²) in [6.07, 6.45) is 0.909.